The number of carbonyl (C=O) groups is 2. The summed E-state index contributed by atoms with van der Waals surface area (Å²) in [5, 5.41) is 2.82. The number of nitrogens with zero attached hydrogens (tertiary/aromatic N) is 2. The van der Waals surface area contributed by atoms with E-state index in [2.05, 4.69) is 5.32 Å². The van der Waals surface area contributed by atoms with Gasteiger partial charge in [0.25, 0.3) is 11.8 Å². The molecule has 3 aromatic carbocycles. The van der Waals surface area contributed by atoms with Gasteiger partial charge in [0.05, 0.1) is 17.1 Å². The summed E-state index contributed by atoms with van der Waals surface area (Å²) >= 11 is 0. The Kier molecular flexibility index (Phi) is 7.35. The zero-order valence-corrected chi connectivity index (χ0v) is 21.8. The van der Waals surface area contributed by atoms with Crippen LogP contribution in [0.5, 0.6) is 11.5 Å². The fourth-order valence-electron chi connectivity index (χ4n) is 4.55. The Hall–Kier alpha value is -3.89. The van der Waals surface area contributed by atoms with Crippen LogP contribution in [0, 0.1) is 0 Å². The number of carbonyl (C=O) groups excluding carboxylic acids is 2. The molecule has 9 nitrogen and oxygen atoms in total. The number of ether oxygens (including phenoxy) is 2. The van der Waals surface area contributed by atoms with Crippen LogP contribution >= 0.6 is 0 Å². The first-order valence-corrected chi connectivity index (χ1v) is 14.0. The molecule has 2 aliphatic heterocycles. The molecule has 0 aromatic heterocycles. The van der Waals surface area contributed by atoms with E-state index in [-0.39, 0.29) is 16.7 Å². The predicted octanol–water partition coefficient (Wildman–Crippen LogP) is 3.92. The van der Waals surface area contributed by atoms with Crippen LogP contribution in [0.2, 0.25) is 0 Å². The van der Waals surface area contributed by atoms with Crippen LogP contribution in [0.1, 0.15) is 30.1 Å². The lowest BCUT2D eigenvalue weighted by Gasteiger charge is -2.33. The second kappa shape index (κ2) is 10.8. The molecular weight excluding hydrogens is 506 g/mol. The van der Waals surface area contributed by atoms with Crippen molar-refractivity contribution in [2.75, 3.05) is 36.5 Å². The number of anilines is 2. The molecule has 1 unspecified atom stereocenters. The molecule has 0 radical (unpaired) electrons. The largest absolute Gasteiger partial charge is 0.492 e. The van der Waals surface area contributed by atoms with Gasteiger partial charge in [0.15, 0.2) is 6.10 Å². The monoisotopic (exact) mass is 535 g/mol. The van der Waals surface area contributed by atoms with Crippen molar-refractivity contribution in [2.24, 2.45) is 0 Å². The van der Waals surface area contributed by atoms with E-state index in [1.807, 2.05) is 30.3 Å². The average molecular weight is 536 g/mol. The third-order valence-corrected chi connectivity index (χ3v) is 8.49. The Bertz CT molecular complexity index is 1420. The minimum Gasteiger partial charge on any atom is -0.492 e. The van der Waals surface area contributed by atoms with E-state index in [4.69, 9.17) is 9.47 Å². The number of hydrogen-bond donors (Lipinski definition) is 1. The van der Waals surface area contributed by atoms with E-state index < -0.39 is 16.1 Å². The van der Waals surface area contributed by atoms with Crippen molar-refractivity contribution in [1.29, 1.82) is 0 Å². The van der Waals surface area contributed by atoms with Crippen LogP contribution in [0.15, 0.2) is 77.7 Å². The number of para-hydroxylation sites is 1. The molecule has 3 aromatic rings. The minimum absolute atomic E-state index is 0.171. The Morgan fingerprint density at radius 2 is 1.74 bits per heavy atom. The van der Waals surface area contributed by atoms with E-state index in [0.29, 0.717) is 48.9 Å². The highest BCUT2D eigenvalue weighted by molar-refractivity contribution is 7.89. The summed E-state index contributed by atoms with van der Waals surface area (Å²) in [5.41, 5.74) is 1.41. The van der Waals surface area contributed by atoms with Gasteiger partial charge in [0.1, 0.15) is 18.1 Å². The summed E-state index contributed by atoms with van der Waals surface area (Å²) in [6.45, 7) is 3.37. The molecule has 38 heavy (non-hydrogen) atoms. The zero-order chi connectivity index (χ0) is 26.7. The molecule has 0 saturated carbocycles. The summed E-state index contributed by atoms with van der Waals surface area (Å²) < 4.78 is 38.5. The molecule has 2 amide bonds. The van der Waals surface area contributed by atoms with Gasteiger partial charge in [0.2, 0.25) is 10.0 Å². The lowest BCUT2D eigenvalue weighted by Crippen LogP contribution is -2.46. The zero-order valence-electron chi connectivity index (χ0n) is 21.0. The van der Waals surface area contributed by atoms with Crippen molar-refractivity contribution in [3.05, 3.63) is 78.4 Å². The highest BCUT2D eigenvalue weighted by Crippen LogP contribution is 2.36. The molecule has 2 aliphatic rings. The van der Waals surface area contributed by atoms with E-state index in [1.165, 1.54) is 28.6 Å². The number of amides is 2. The maximum atomic E-state index is 12.9. The fraction of sp³-hybridized carbons (Fsp3) is 0.286. The highest BCUT2D eigenvalue weighted by Gasteiger charge is 2.32. The van der Waals surface area contributed by atoms with Gasteiger partial charge in [-0.05, 0) is 68.3 Å². The average Bonchev–Trinajstić information content (AvgIpc) is 3.48. The molecule has 198 valence electrons. The lowest BCUT2D eigenvalue weighted by molar-refractivity contribution is -0.125. The standard InChI is InChI=1S/C28H29N3O6S/c1-20-28(33)31(17-18-36-23-7-3-2-4-8-23)25-14-11-22(19-26(25)37-20)29-27(32)21-9-12-24(13-10-21)38(34,35)30-15-5-6-16-30/h2-4,7-14,19-20H,5-6,15-18H2,1H3,(H,29,32). The lowest BCUT2D eigenvalue weighted by atomic mass is 10.1. The van der Waals surface area contributed by atoms with Gasteiger partial charge in [-0.3, -0.25) is 9.59 Å². The normalized spacial score (nSPS) is 17.6. The highest BCUT2D eigenvalue weighted by atomic mass is 32.2. The van der Waals surface area contributed by atoms with Crippen LogP contribution < -0.4 is 19.7 Å². The molecule has 2 heterocycles. The van der Waals surface area contributed by atoms with Crippen molar-refractivity contribution in [3.63, 3.8) is 0 Å². The number of hydrogen-bond acceptors (Lipinski definition) is 6. The van der Waals surface area contributed by atoms with Gasteiger partial charge in [-0.15, -0.1) is 0 Å². The Morgan fingerprint density at radius 3 is 2.45 bits per heavy atom. The van der Waals surface area contributed by atoms with E-state index in [9.17, 15) is 18.0 Å². The van der Waals surface area contributed by atoms with Gasteiger partial charge in [-0.1, -0.05) is 18.2 Å². The third kappa shape index (κ3) is 5.36. The van der Waals surface area contributed by atoms with E-state index >= 15 is 0 Å². The topological polar surface area (TPSA) is 105 Å². The Morgan fingerprint density at radius 1 is 1.03 bits per heavy atom. The molecule has 0 bridgehead atoms. The van der Waals surface area contributed by atoms with Crippen LogP contribution in [-0.4, -0.2) is 56.9 Å². The van der Waals surface area contributed by atoms with E-state index in [1.54, 1.807) is 30.0 Å². The van der Waals surface area contributed by atoms with Gasteiger partial charge >= 0.3 is 0 Å². The first-order chi connectivity index (χ1) is 18.3. The maximum absolute atomic E-state index is 12.9. The molecule has 0 aliphatic carbocycles. The molecule has 1 fully saturated rings. The Balaban J connectivity index is 1.26. The van der Waals surface area contributed by atoms with Crippen LogP contribution in [0.3, 0.4) is 0 Å². The van der Waals surface area contributed by atoms with Gasteiger partial charge in [0, 0.05) is 30.4 Å². The van der Waals surface area contributed by atoms with Crippen molar-refractivity contribution in [2.45, 2.75) is 30.8 Å². The van der Waals surface area contributed by atoms with Gasteiger partial charge in [-0.25, -0.2) is 8.42 Å². The second-order valence-corrected chi connectivity index (χ2v) is 11.1. The maximum Gasteiger partial charge on any atom is 0.267 e. The summed E-state index contributed by atoms with van der Waals surface area (Å²) in [7, 11) is -3.54. The molecule has 10 heteroatoms. The minimum atomic E-state index is -3.54. The quantitative estimate of drug-likeness (QED) is 0.469. The number of nitrogens with one attached hydrogen (secondary N) is 1. The summed E-state index contributed by atoms with van der Waals surface area (Å²) in [6.07, 6.45) is 1.03. The van der Waals surface area contributed by atoms with Crippen molar-refractivity contribution < 1.29 is 27.5 Å². The van der Waals surface area contributed by atoms with Crippen LogP contribution in [-0.2, 0) is 14.8 Å². The van der Waals surface area contributed by atoms with E-state index in [0.717, 1.165) is 18.6 Å². The molecular formula is C28H29N3O6S. The first kappa shape index (κ1) is 25.7. The van der Waals surface area contributed by atoms with Gasteiger partial charge in [-0.2, -0.15) is 4.31 Å². The van der Waals surface area contributed by atoms with Crippen LogP contribution in [0.25, 0.3) is 0 Å². The molecule has 1 saturated heterocycles. The molecule has 5 rings (SSSR count). The number of sulfonamides is 1. The molecule has 1 N–H and O–H groups in total. The van der Waals surface area contributed by atoms with Crippen LogP contribution in [0.4, 0.5) is 11.4 Å². The number of rotatable bonds is 8. The van der Waals surface area contributed by atoms with Crippen molar-refractivity contribution in [3.8, 4) is 11.5 Å². The summed E-state index contributed by atoms with van der Waals surface area (Å²) in [6, 6.07) is 20.4. The number of fused-ring (bicyclic) bond motifs is 1. The summed E-state index contributed by atoms with van der Waals surface area (Å²) in [4.78, 5) is 27.5. The van der Waals surface area contributed by atoms with Crippen molar-refractivity contribution >= 4 is 33.2 Å². The van der Waals surface area contributed by atoms with Gasteiger partial charge < -0.3 is 19.7 Å². The second-order valence-electron chi connectivity index (χ2n) is 9.18. The first-order valence-electron chi connectivity index (χ1n) is 12.5. The van der Waals surface area contributed by atoms with Crippen molar-refractivity contribution in [1.82, 2.24) is 4.31 Å². The SMILES string of the molecule is CC1Oc2cc(NC(=O)c3ccc(S(=O)(=O)N4CCCC4)cc3)ccc2N(CCOc2ccccc2)C1=O. The smallest absolute Gasteiger partial charge is 0.267 e. The predicted molar refractivity (Wildman–Crippen MR) is 143 cm³/mol. The Labute approximate surface area is 222 Å². The fourth-order valence-corrected chi connectivity index (χ4v) is 6.07. The summed E-state index contributed by atoms with van der Waals surface area (Å²) in [5.74, 6) is 0.640. The number of benzene rings is 3. The molecule has 0 spiro atoms. The third-order valence-electron chi connectivity index (χ3n) is 6.57. The molecule has 1 atom stereocenters.